The molecule has 0 saturated carbocycles. The second kappa shape index (κ2) is 5.99. The monoisotopic (exact) mass is 248 g/mol. The molecule has 0 saturated heterocycles. The average Bonchev–Trinajstić information content (AvgIpc) is 2.16. The molecule has 16 heavy (non-hydrogen) atoms. The van der Waals surface area contributed by atoms with E-state index in [0.717, 1.165) is 0 Å². The number of carbonyl (C=O) groups is 1. The van der Waals surface area contributed by atoms with Crippen molar-refractivity contribution in [1.29, 1.82) is 0 Å². The van der Waals surface area contributed by atoms with E-state index in [1.807, 2.05) is 0 Å². The number of rotatable bonds is 8. The van der Waals surface area contributed by atoms with Crippen molar-refractivity contribution in [2.24, 2.45) is 0 Å². The largest absolute Gasteiger partial charge is 0.480 e. The first-order valence-electron chi connectivity index (χ1n) is 4.80. The summed E-state index contributed by atoms with van der Waals surface area (Å²) in [6, 6.07) is 0. The zero-order chi connectivity index (χ0) is 12.8. The second-order valence-electron chi connectivity index (χ2n) is 3.26. The fraction of sp³-hybridized carbons (Fsp3) is 0.500. The first kappa shape index (κ1) is 15.1. The van der Waals surface area contributed by atoms with E-state index in [9.17, 15) is 14.3 Å². The predicted octanol–water partition coefficient (Wildman–Crippen LogP) is 2.18. The zero-order valence-corrected chi connectivity index (χ0v) is 10.2. The van der Waals surface area contributed by atoms with Gasteiger partial charge in [0, 0.05) is 0 Å². The van der Waals surface area contributed by atoms with Crippen LogP contribution in [0.15, 0.2) is 25.3 Å². The van der Waals surface area contributed by atoms with Crippen LogP contribution in [-0.2, 0) is 13.9 Å². The van der Waals surface area contributed by atoms with Crippen LogP contribution in [0.5, 0.6) is 0 Å². The minimum Gasteiger partial charge on any atom is -0.480 e. The molecule has 0 amide bonds. The smallest absolute Gasteiger partial charge is 0.346 e. The van der Waals surface area contributed by atoms with Crippen LogP contribution in [0.25, 0.3) is 0 Å². The summed E-state index contributed by atoms with van der Waals surface area (Å²) in [6.07, 6.45) is 2.28. The molecule has 6 heteroatoms. The van der Waals surface area contributed by atoms with Crippen LogP contribution < -0.4 is 0 Å². The lowest BCUT2D eigenvalue weighted by Crippen LogP contribution is -2.38. The third kappa shape index (κ3) is 2.82. The second-order valence-corrected chi connectivity index (χ2v) is 5.42. The van der Waals surface area contributed by atoms with Gasteiger partial charge in [-0.1, -0.05) is 12.2 Å². The third-order valence-electron chi connectivity index (χ3n) is 2.21. The van der Waals surface area contributed by atoms with Crippen LogP contribution in [0.1, 0.15) is 19.8 Å². The van der Waals surface area contributed by atoms with E-state index >= 15 is 0 Å². The van der Waals surface area contributed by atoms with Crippen molar-refractivity contribution >= 4 is 13.6 Å². The first-order valence-corrected chi connectivity index (χ1v) is 6.38. The molecule has 2 N–H and O–H groups in total. The number of allylic oxidation sites excluding steroid dienone is 2. The third-order valence-corrected chi connectivity index (χ3v) is 4.45. The summed E-state index contributed by atoms with van der Waals surface area (Å²) in [5, 5.41) is 7.26. The number of carboxylic acids is 1. The van der Waals surface area contributed by atoms with Gasteiger partial charge in [0.05, 0.1) is 6.61 Å². The molecule has 0 rings (SSSR count). The van der Waals surface area contributed by atoms with Gasteiger partial charge in [0.25, 0.3) is 0 Å². The quantitative estimate of drug-likeness (QED) is 0.508. The van der Waals surface area contributed by atoms with E-state index in [-0.39, 0.29) is 19.4 Å². The fourth-order valence-corrected chi connectivity index (χ4v) is 2.94. The highest BCUT2D eigenvalue weighted by molar-refractivity contribution is 7.55. The van der Waals surface area contributed by atoms with Gasteiger partial charge >= 0.3 is 13.6 Å². The van der Waals surface area contributed by atoms with E-state index in [0.29, 0.717) is 0 Å². The Bertz CT molecular complexity index is 313. The molecule has 0 heterocycles. The Morgan fingerprint density at radius 2 is 1.88 bits per heavy atom. The maximum absolute atomic E-state index is 11.9. The van der Waals surface area contributed by atoms with Crippen molar-refractivity contribution in [3.63, 3.8) is 0 Å². The minimum absolute atomic E-state index is 0.0307. The summed E-state index contributed by atoms with van der Waals surface area (Å²) in [7, 11) is -4.26. The Morgan fingerprint density at radius 3 is 2.12 bits per heavy atom. The highest BCUT2D eigenvalue weighted by atomic mass is 31.2. The Morgan fingerprint density at radius 1 is 1.44 bits per heavy atom. The normalized spacial score (nSPS) is 15.1. The summed E-state index contributed by atoms with van der Waals surface area (Å²) < 4.78 is 16.6. The molecule has 0 aromatic carbocycles. The Hall–Kier alpha value is -0.900. The average molecular weight is 248 g/mol. The van der Waals surface area contributed by atoms with Gasteiger partial charge in [-0.05, 0) is 19.8 Å². The number of carboxylic acid groups (broad SMARTS) is 1. The lowest BCUT2D eigenvalue weighted by Gasteiger charge is -2.30. The Labute approximate surface area is 95.0 Å². The maximum Gasteiger partial charge on any atom is 0.346 e. The van der Waals surface area contributed by atoms with Crippen LogP contribution in [0.3, 0.4) is 0 Å². The number of hydrogen-bond acceptors (Lipinski definition) is 3. The van der Waals surface area contributed by atoms with Crippen molar-refractivity contribution in [3.05, 3.63) is 25.3 Å². The van der Waals surface area contributed by atoms with E-state index in [2.05, 4.69) is 13.2 Å². The molecule has 92 valence electrons. The molecular weight excluding hydrogens is 231 g/mol. The highest BCUT2D eigenvalue weighted by Gasteiger charge is 2.53. The molecule has 5 nitrogen and oxygen atoms in total. The number of aliphatic carboxylic acids is 1. The molecule has 0 bridgehead atoms. The van der Waals surface area contributed by atoms with Crippen LogP contribution in [0.2, 0.25) is 0 Å². The molecular formula is C10H17O5P. The van der Waals surface area contributed by atoms with Gasteiger partial charge in [-0.15, -0.1) is 13.2 Å². The molecule has 0 aliphatic carbocycles. The molecule has 0 aliphatic rings. The lowest BCUT2D eigenvalue weighted by atomic mass is 10.0. The van der Waals surface area contributed by atoms with Gasteiger partial charge in [0.2, 0.25) is 0 Å². The molecule has 1 atom stereocenters. The van der Waals surface area contributed by atoms with Gasteiger partial charge < -0.3 is 14.5 Å². The van der Waals surface area contributed by atoms with Gasteiger partial charge in [-0.3, -0.25) is 9.36 Å². The van der Waals surface area contributed by atoms with Gasteiger partial charge in [-0.25, -0.2) is 0 Å². The van der Waals surface area contributed by atoms with Crippen molar-refractivity contribution in [2.45, 2.75) is 24.9 Å². The van der Waals surface area contributed by atoms with E-state index < -0.39 is 18.7 Å². The topological polar surface area (TPSA) is 83.8 Å². The van der Waals surface area contributed by atoms with Crippen molar-refractivity contribution in [1.82, 2.24) is 0 Å². The summed E-state index contributed by atoms with van der Waals surface area (Å²) in [5.41, 5.74) is 0. The van der Waals surface area contributed by atoms with Crippen molar-refractivity contribution in [2.75, 3.05) is 6.61 Å². The van der Waals surface area contributed by atoms with E-state index in [4.69, 9.17) is 9.63 Å². The van der Waals surface area contributed by atoms with Gasteiger partial charge in [0.15, 0.2) is 5.16 Å². The van der Waals surface area contributed by atoms with Crippen LogP contribution in [0, 0.1) is 0 Å². The lowest BCUT2D eigenvalue weighted by molar-refractivity contribution is -0.140. The molecule has 0 aliphatic heterocycles. The standard InChI is InChI=1S/C10H17O5P/c1-4-7-10(8-5-2,9(11)12)16(13,14)15-6-3/h4-5H,1-2,6-8H2,3H3,(H,11,12)(H,13,14). The molecule has 0 radical (unpaired) electrons. The summed E-state index contributed by atoms with van der Waals surface area (Å²) in [6.45, 7) is 8.29. The SMILES string of the molecule is C=CCC(CC=C)(C(=O)O)P(=O)(O)OCC. The van der Waals surface area contributed by atoms with Crippen LogP contribution in [-0.4, -0.2) is 27.7 Å². The number of hydrogen-bond donors (Lipinski definition) is 2. The fourth-order valence-electron chi connectivity index (χ4n) is 1.39. The van der Waals surface area contributed by atoms with E-state index in [1.54, 1.807) is 0 Å². The molecule has 0 fully saturated rings. The summed E-state index contributed by atoms with van der Waals surface area (Å²) >= 11 is 0. The van der Waals surface area contributed by atoms with Crippen molar-refractivity contribution in [3.8, 4) is 0 Å². The van der Waals surface area contributed by atoms with Gasteiger partial charge in [-0.2, -0.15) is 0 Å². The Balaban J connectivity index is 5.48. The molecule has 0 aromatic rings. The molecule has 0 spiro atoms. The van der Waals surface area contributed by atoms with Crippen LogP contribution in [0.4, 0.5) is 0 Å². The Kier molecular flexibility index (Phi) is 5.65. The van der Waals surface area contributed by atoms with Crippen molar-refractivity contribution < 1.29 is 23.9 Å². The highest BCUT2D eigenvalue weighted by Crippen LogP contribution is 2.59. The molecule has 0 aromatic heterocycles. The van der Waals surface area contributed by atoms with Crippen LogP contribution >= 0.6 is 7.60 Å². The zero-order valence-electron chi connectivity index (χ0n) is 9.26. The first-order chi connectivity index (χ1) is 7.38. The maximum atomic E-state index is 11.9. The summed E-state index contributed by atoms with van der Waals surface area (Å²) in [4.78, 5) is 20.9. The molecule has 1 unspecified atom stereocenters. The minimum atomic E-state index is -4.26. The predicted molar refractivity (Wildman–Crippen MR) is 61.4 cm³/mol. The summed E-state index contributed by atoms with van der Waals surface area (Å²) in [5.74, 6) is -1.38. The van der Waals surface area contributed by atoms with Gasteiger partial charge in [0.1, 0.15) is 0 Å². The van der Waals surface area contributed by atoms with E-state index in [1.165, 1.54) is 19.1 Å².